The molecule has 0 amide bonds. The number of hydrogen-bond acceptors (Lipinski definition) is 1. The van der Waals surface area contributed by atoms with Gasteiger partial charge in [0.25, 0.3) is 0 Å². The van der Waals surface area contributed by atoms with Crippen molar-refractivity contribution in [3.63, 3.8) is 0 Å². The molecule has 0 fully saturated rings. The molecule has 4 nitrogen and oxygen atoms in total. The lowest BCUT2D eigenvalue weighted by Gasteiger charge is -2.26. The fourth-order valence-corrected chi connectivity index (χ4v) is 8.71. The monoisotopic (exact) mass is 718 g/mol. The van der Waals surface area contributed by atoms with E-state index >= 15 is 0 Å². The molecular weight excluding hydrogens is 681 g/mol. The fraction of sp³-hybridized carbons (Fsp3) is 0.0385. The van der Waals surface area contributed by atoms with Gasteiger partial charge >= 0.3 is 0 Å². The van der Waals surface area contributed by atoms with E-state index in [0.717, 1.165) is 28.4 Å². The Kier molecular flexibility index (Phi) is 7.26. The second kappa shape index (κ2) is 12.6. The van der Waals surface area contributed by atoms with Gasteiger partial charge in [0.1, 0.15) is 0 Å². The summed E-state index contributed by atoms with van der Waals surface area (Å²) >= 11 is 0. The summed E-state index contributed by atoms with van der Waals surface area (Å²) < 4.78 is 7.15. The summed E-state index contributed by atoms with van der Waals surface area (Å²) in [5.41, 5.74) is 15.2. The van der Waals surface area contributed by atoms with E-state index < -0.39 is 0 Å². The van der Waals surface area contributed by atoms with E-state index in [-0.39, 0.29) is 0 Å². The van der Waals surface area contributed by atoms with Crippen molar-refractivity contribution in [1.29, 1.82) is 0 Å². The maximum absolute atomic E-state index is 2.44. The van der Waals surface area contributed by atoms with E-state index in [1.807, 2.05) is 0 Å². The minimum atomic E-state index is 1.10. The van der Waals surface area contributed by atoms with Crippen LogP contribution in [0.15, 0.2) is 194 Å². The van der Waals surface area contributed by atoms with Gasteiger partial charge in [-0.3, -0.25) is 0 Å². The number of benzene rings is 8. The molecule has 0 aliphatic heterocycles. The van der Waals surface area contributed by atoms with Crippen LogP contribution in [0.2, 0.25) is 0 Å². The van der Waals surface area contributed by atoms with Crippen molar-refractivity contribution in [2.75, 3.05) is 4.90 Å². The number of hydrogen-bond donors (Lipinski definition) is 0. The van der Waals surface area contributed by atoms with Crippen LogP contribution in [-0.4, -0.2) is 13.7 Å². The highest BCUT2D eigenvalue weighted by molar-refractivity contribution is 6.18. The lowest BCUT2D eigenvalue weighted by atomic mass is 10.1. The van der Waals surface area contributed by atoms with Crippen LogP contribution in [0.5, 0.6) is 0 Å². The minimum absolute atomic E-state index is 1.10. The Morgan fingerprint density at radius 2 is 0.893 bits per heavy atom. The molecule has 0 N–H and O–H groups in total. The molecular formula is C52H38N4. The predicted molar refractivity (Wildman–Crippen MR) is 236 cm³/mol. The first-order valence-corrected chi connectivity index (χ1v) is 19.3. The van der Waals surface area contributed by atoms with Gasteiger partial charge in [0.05, 0.1) is 27.6 Å². The normalized spacial score (nSPS) is 11.8. The van der Waals surface area contributed by atoms with Crippen molar-refractivity contribution in [2.45, 2.75) is 13.8 Å². The third-order valence-electron chi connectivity index (χ3n) is 11.4. The highest BCUT2D eigenvalue weighted by Crippen LogP contribution is 2.42. The van der Waals surface area contributed by atoms with E-state index in [1.165, 1.54) is 71.3 Å². The molecule has 0 aliphatic rings. The van der Waals surface area contributed by atoms with E-state index in [2.05, 4.69) is 227 Å². The van der Waals surface area contributed by atoms with Crippen LogP contribution in [0.25, 0.3) is 71.6 Å². The van der Waals surface area contributed by atoms with Crippen LogP contribution < -0.4 is 4.90 Å². The number of anilines is 3. The second-order valence-corrected chi connectivity index (χ2v) is 14.9. The van der Waals surface area contributed by atoms with Gasteiger partial charge in [-0.25, -0.2) is 0 Å². The average molecular weight is 719 g/mol. The van der Waals surface area contributed by atoms with E-state index in [4.69, 9.17) is 0 Å². The van der Waals surface area contributed by atoms with E-state index in [9.17, 15) is 0 Å². The van der Waals surface area contributed by atoms with Crippen LogP contribution >= 0.6 is 0 Å². The zero-order valence-corrected chi connectivity index (χ0v) is 31.3. The Bertz CT molecular complexity index is 3230. The molecule has 11 aromatic rings. The van der Waals surface area contributed by atoms with Crippen LogP contribution in [0, 0.1) is 13.8 Å². The summed E-state index contributed by atoms with van der Waals surface area (Å²) in [5, 5.41) is 6.16. The smallest absolute Gasteiger partial charge is 0.0788 e. The molecule has 0 unspecified atom stereocenters. The lowest BCUT2D eigenvalue weighted by molar-refractivity contribution is 1.11. The largest absolute Gasteiger partial charge is 0.315 e. The summed E-state index contributed by atoms with van der Waals surface area (Å²) in [4.78, 5) is 2.38. The highest BCUT2D eigenvalue weighted by atomic mass is 15.1. The van der Waals surface area contributed by atoms with E-state index in [0.29, 0.717) is 0 Å². The number of aryl methyl sites for hydroxylation is 2. The number of para-hydroxylation sites is 3. The maximum atomic E-state index is 2.44. The summed E-state index contributed by atoms with van der Waals surface area (Å²) in [6, 6.07) is 68.6. The van der Waals surface area contributed by atoms with Crippen molar-refractivity contribution >= 4 is 71.6 Å². The lowest BCUT2D eigenvalue weighted by Crippen LogP contribution is -2.10. The summed E-state index contributed by atoms with van der Waals surface area (Å²) in [5.74, 6) is 0. The van der Waals surface area contributed by atoms with Gasteiger partial charge in [-0.2, -0.15) is 0 Å². The van der Waals surface area contributed by atoms with Crippen LogP contribution in [0.1, 0.15) is 11.1 Å². The Labute approximate surface area is 325 Å². The van der Waals surface area contributed by atoms with E-state index in [1.54, 1.807) is 0 Å². The molecule has 0 saturated heterocycles. The summed E-state index contributed by atoms with van der Waals surface area (Å²) in [6.45, 7) is 4.28. The van der Waals surface area contributed by atoms with Gasteiger partial charge in [0, 0.05) is 67.3 Å². The fourth-order valence-electron chi connectivity index (χ4n) is 8.71. The Morgan fingerprint density at radius 1 is 0.357 bits per heavy atom. The van der Waals surface area contributed by atoms with Crippen LogP contribution in [0.4, 0.5) is 17.1 Å². The molecule has 0 atom stereocenters. The SMILES string of the molecule is Cc1ccc(N(c2ccc(-n3c4ccccc4c4ccc5ccn(-c6ccccc6)c5c43)cc2)c2ccc3c(c2)c2ccccc2n3-c2ccc(C)cc2)cc1. The molecule has 11 rings (SSSR count). The summed E-state index contributed by atoms with van der Waals surface area (Å²) in [6.07, 6.45) is 2.19. The van der Waals surface area contributed by atoms with Crippen LogP contribution in [0.3, 0.4) is 0 Å². The molecule has 3 heterocycles. The molecule has 0 radical (unpaired) electrons. The van der Waals surface area contributed by atoms with Gasteiger partial charge in [-0.1, -0.05) is 102 Å². The standard InChI is InChI=1S/C52H38N4/c1-35-16-21-39(22-17-35)54(43-29-31-50-47(34-43)45-13-7-8-14-48(45)55(50)41-23-18-36(2)19-24-41)40-25-27-42(28-26-40)56-49-15-9-6-12-44(49)46-30-20-37-32-33-53(51(37)52(46)56)38-10-4-3-5-11-38/h3-34H,1-2H3. The molecule has 0 spiro atoms. The first-order valence-electron chi connectivity index (χ1n) is 19.3. The molecule has 0 bridgehead atoms. The van der Waals surface area contributed by atoms with Gasteiger partial charge < -0.3 is 18.6 Å². The van der Waals surface area contributed by atoms with Gasteiger partial charge in [-0.05, 0) is 111 Å². The quantitative estimate of drug-likeness (QED) is 0.167. The Morgan fingerprint density at radius 3 is 1.61 bits per heavy atom. The van der Waals surface area contributed by atoms with Gasteiger partial charge in [0.15, 0.2) is 0 Å². The van der Waals surface area contributed by atoms with Crippen molar-refractivity contribution in [1.82, 2.24) is 13.7 Å². The number of aromatic nitrogens is 3. The van der Waals surface area contributed by atoms with Crippen molar-refractivity contribution < 1.29 is 0 Å². The third kappa shape index (κ3) is 5.00. The van der Waals surface area contributed by atoms with Gasteiger partial charge in [0.2, 0.25) is 0 Å². The van der Waals surface area contributed by atoms with Crippen molar-refractivity contribution in [3.8, 4) is 17.1 Å². The molecule has 266 valence electrons. The Balaban J connectivity index is 1.10. The highest BCUT2D eigenvalue weighted by Gasteiger charge is 2.20. The molecule has 56 heavy (non-hydrogen) atoms. The zero-order valence-electron chi connectivity index (χ0n) is 31.3. The van der Waals surface area contributed by atoms with Gasteiger partial charge in [-0.15, -0.1) is 0 Å². The molecule has 8 aromatic carbocycles. The molecule has 3 aromatic heterocycles. The Hall–Kier alpha value is -7.30. The number of nitrogens with zero attached hydrogens (tertiary/aromatic N) is 4. The predicted octanol–water partition coefficient (Wildman–Crippen LogP) is 13.9. The first-order chi connectivity index (χ1) is 27.6. The topological polar surface area (TPSA) is 18.0 Å². The molecule has 0 aliphatic carbocycles. The van der Waals surface area contributed by atoms with Crippen LogP contribution in [-0.2, 0) is 0 Å². The molecule has 4 heteroatoms. The van der Waals surface area contributed by atoms with Crippen molar-refractivity contribution in [2.24, 2.45) is 0 Å². The molecule has 0 saturated carbocycles. The zero-order chi connectivity index (χ0) is 37.3. The number of fused-ring (bicyclic) bond motifs is 8. The van der Waals surface area contributed by atoms with Crippen molar-refractivity contribution in [3.05, 3.63) is 205 Å². The first kappa shape index (κ1) is 32.2. The third-order valence-corrected chi connectivity index (χ3v) is 11.4. The minimum Gasteiger partial charge on any atom is -0.315 e. The summed E-state index contributed by atoms with van der Waals surface area (Å²) in [7, 11) is 0. The maximum Gasteiger partial charge on any atom is 0.0788 e. The second-order valence-electron chi connectivity index (χ2n) is 14.9. The number of rotatable bonds is 6. The average Bonchev–Trinajstić information content (AvgIpc) is 3.93.